The van der Waals surface area contributed by atoms with E-state index in [0.717, 1.165) is 5.56 Å². The van der Waals surface area contributed by atoms with Crippen molar-refractivity contribution in [2.24, 2.45) is 7.05 Å². The van der Waals surface area contributed by atoms with E-state index in [-0.39, 0.29) is 11.9 Å². The Bertz CT molecular complexity index is 775. The number of hydrogen-bond donors (Lipinski definition) is 1. The lowest BCUT2D eigenvalue weighted by molar-refractivity contribution is 0.101. The van der Waals surface area contributed by atoms with Crippen molar-refractivity contribution in [3.63, 3.8) is 0 Å². The monoisotopic (exact) mass is 360 g/mol. The largest absolute Gasteiger partial charge is 0.288 e. The first-order valence-electron chi connectivity index (χ1n) is 6.55. The van der Waals surface area contributed by atoms with E-state index in [1.165, 1.54) is 4.68 Å². The van der Waals surface area contributed by atoms with Crippen LogP contribution in [0, 0.1) is 0 Å². The minimum Gasteiger partial charge on any atom is -0.288 e. The number of amides is 1. The van der Waals surface area contributed by atoms with Crippen LogP contribution in [0.15, 0.2) is 47.3 Å². The number of nitrogens with zero attached hydrogens (tertiary/aromatic N) is 5. The van der Waals surface area contributed by atoms with Crippen LogP contribution < -0.4 is 5.32 Å². The summed E-state index contributed by atoms with van der Waals surface area (Å²) >= 11 is 3.29. The zero-order valence-corrected chi connectivity index (χ0v) is 13.4. The lowest BCUT2D eigenvalue weighted by Crippen LogP contribution is -2.17. The van der Waals surface area contributed by atoms with Crippen LogP contribution in [0.1, 0.15) is 16.1 Å². The average molecular weight is 361 g/mol. The first-order chi connectivity index (χ1) is 10.6. The molecule has 0 spiro atoms. The molecule has 0 fully saturated rings. The zero-order valence-electron chi connectivity index (χ0n) is 11.8. The average Bonchev–Trinajstić information content (AvgIpc) is 3.07. The third-order valence-electron chi connectivity index (χ3n) is 3.06. The normalized spacial score (nSPS) is 10.6. The topological polar surface area (TPSA) is 77.6 Å². The van der Waals surface area contributed by atoms with Gasteiger partial charge in [-0.1, -0.05) is 30.3 Å². The maximum Gasteiger partial charge on any atom is 0.277 e. The predicted molar refractivity (Wildman–Crippen MR) is 84.4 cm³/mol. The minimum atomic E-state index is -0.315. The van der Waals surface area contributed by atoms with Crippen molar-refractivity contribution >= 4 is 27.8 Å². The number of anilines is 1. The van der Waals surface area contributed by atoms with Gasteiger partial charge in [0, 0.05) is 7.05 Å². The zero-order chi connectivity index (χ0) is 15.5. The summed E-state index contributed by atoms with van der Waals surface area (Å²) in [7, 11) is 1.70. The maximum atomic E-state index is 12.2. The van der Waals surface area contributed by atoms with Gasteiger partial charge < -0.3 is 0 Å². The van der Waals surface area contributed by atoms with Gasteiger partial charge in [0.25, 0.3) is 5.91 Å². The second-order valence-corrected chi connectivity index (χ2v) is 5.52. The van der Waals surface area contributed by atoms with E-state index in [0.29, 0.717) is 16.7 Å². The first kappa shape index (κ1) is 14.5. The van der Waals surface area contributed by atoms with Crippen molar-refractivity contribution in [1.82, 2.24) is 24.5 Å². The fourth-order valence-electron chi connectivity index (χ4n) is 2.03. The SMILES string of the molecule is Cn1ncc(Br)c1C(=O)Nc1ncn(Cc2ccccc2)n1. The van der Waals surface area contributed by atoms with Crippen molar-refractivity contribution in [3.05, 3.63) is 58.6 Å². The maximum absolute atomic E-state index is 12.2. The van der Waals surface area contributed by atoms with Gasteiger partial charge in [0.2, 0.25) is 5.95 Å². The second kappa shape index (κ2) is 6.10. The summed E-state index contributed by atoms with van der Waals surface area (Å²) in [4.78, 5) is 16.3. The van der Waals surface area contributed by atoms with Gasteiger partial charge in [0.05, 0.1) is 17.2 Å². The molecule has 1 amide bonds. The molecule has 2 aromatic heterocycles. The second-order valence-electron chi connectivity index (χ2n) is 4.67. The van der Waals surface area contributed by atoms with Crippen LogP contribution in [0.5, 0.6) is 0 Å². The van der Waals surface area contributed by atoms with E-state index < -0.39 is 0 Å². The molecule has 7 nitrogen and oxygen atoms in total. The van der Waals surface area contributed by atoms with Crippen LogP contribution in [0.2, 0.25) is 0 Å². The van der Waals surface area contributed by atoms with Crippen LogP contribution in [0.4, 0.5) is 5.95 Å². The highest BCUT2D eigenvalue weighted by Gasteiger charge is 2.16. The molecule has 3 rings (SSSR count). The smallest absolute Gasteiger partial charge is 0.277 e. The first-order valence-corrected chi connectivity index (χ1v) is 7.35. The van der Waals surface area contributed by atoms with Crippen LogP contribution >= 0.6 is 15.9 Å². The highest BCUT2D eigenvalue weighted by atomic mass is 79.9. The van der Waals surface area contributed by atoms with Crippen LogP contribution in [0.3, 0.4) is 0 Å². The molecule has 0 aliphatic carbocycles. The van der Waals surface area contributed by atoms with Gasteiger partial charge in [-0.2, -0.15) is 5.10 Å². The Morgan fingerprint density at radius 1 is 1.32 bits per heavy atom. The standard InChI is InChI=1S/C14H13BrN6O/c1-20-12(11(15)7-17-20)13(22)18-14-16-9-21(19-14)8-10-5-3-2-4-6-10/h2-7,9H,8H2,1H3,(H,18,19,22). The molecular weight excluding hydrogens is 348 g/mol. The van der Waals surface area contributed by atoms with Gasteiger partial charge in [-0.05, 0) is 21.5 Å². The number of aryl methyl sites for hydroxylation is 1. The number of halogens is 1. The molecule has 1 aromatic carbocycles. The molecule has 22 heavy (non-hydrogen) atoms. The van der Waals surface area contributed by atoms with Crippen molar-refractivity contribution < 1.29 is 4.79 Å². The molecule has 0 radical (unpaired) electrons. The Kier molecular flexibility index (Phi) is 4.01. The summed E-state index contributed by atoms with van der Waals surface area (Å²) in [6.07, 6.45) is 3.15. The molecule has 0 saturated heterocycles. The molecule has 3 aromatic rings. The molecule has 0 atom stereocenters. The third kappa shape index (κ3) is 3.06. The Morgan fingerprint density at radius 2 is 2.09 bits per heavy atom. The van der Waals surface area contributed by atoms with Gasteiger partial charge in [-0.25, -0.2) is 9.67 Å². The molecule has 1 N–H and O–H groups in total. The van der Waals surface area contributed by atoms with Gasteiger partial charge in [0.15, 0.2) is 0 Å². The summed E-state index contributed by atoms with van der Waals surface area (Å²) in [5, 5.41) is 10.9. The number of carbonyl (C=O) groups is 1. The predicted octanol–water partition coefficient (Wildman–Crippen LogP) is 2.07. The summed E-state index contributed by atoms with van der Waals surface area (Å²) in [5.41, 5.74) is 1.53. The van der Waals surface area contributed by atoms with Crippen LogP contribution in [-0.2, 0) is 13.6 Å². The molecular formula is C14H13BrN6O. The van der Waals surface area contributed by atoms with Gasteiger partial charge in [0.1, 0.15) is 12.0 Å². The number of aromatic nitrogens is 5. The minimum absolute atomic E-state index is 0.258. The summed E-state index contributed by atoms with van der Waals surface area (Å²) < 4.78 is 3.78. The molecule has 8 heteroatoms. The highest BCUT2D eigenvalue weighted by Crippen LogP contribution is 2.16. The van der Waals surface area contributed by atoms with Crippen molar-refractivity contribution in [2.45, 2.75) is 6.54 Å². The number of benzene rings is 1. The van der Waals surface area contributed by atoms with E-state index in [4.69, 9.17) is 0 Å². The molecule has 0 unspecified atom stereocenters. The fourth-order valence-corrected chi connectivity index (χ4v) is 2.55. The van der Waals surface area contributed by atoms with Crippen molar-refractivity contribution in [3.8, 4) is 0 Å². The molecule has 0 aliphatic heterocycles. The van der Waals surface area contributed by atoms with E-state index in [1.807, 2.05) is 30.3 Å². The van der Waals surface area contributed by atoms with E-state index >= 15 is 0 Å². The van der Waals surface area contributed by atoms with E-state index in [2.05, 4.69) is 36.4 Å². The summed E-state index contributed by atoms with van der Waals surface area (Å²) in [6.45, 7) is 0.596. The number of nitrogens with one attached hydrogen (secondary N) is 1. The van der Waals surface area contributed by atoms with Gasteiger partial charge >= 0.3 is 0 Å². The van der Waals surface area contributed by atoms with Crippen molar-refractivity contribution in [2.75, 3.05) is 5.32 Å². The molecule has 2 heterocycles. The van der Waals surface area contributed by atoms with E-state index in [9.17, 15) is 4.79 Å². The fraction of sp³-hybridized carbons (Fsp3) is 0.143. The lowest BCUT2D eigenvalue weighted by Gasteiger charge is -2.02. The molecule has 0 saturated carbocycles. The Morgan fingerprint density at radius 3 is 2.77 bits per heavy atom. The summed E-state index contributed by atoms with van der Waals surface area (Å²) in [6, 6.07) is 9.91. The van der Waals surface area contributed by atoms with Gasteiger partial charge in [-0.15, -0.1) is 5.10 Å². The number of carbonyl (C=O) groups excluding carboxylic acids is 1. The Balaban J connectivity index is 1.71. The highest BCUT2D eigenvalue weighted by molar-refractivity contribution is 9.10. The van der Waals surface area contributed by atoms with Gasteiger partial charge in [-0.3, -0.25) is 14.8 Å². The molecule has 0 aliphatic rings. The molecule has 112 valence electrons. The van der Waals surface area contributed by atoms with Crippen LogP contribution in [0.25, 0.3) is 0 Å². The number of hydrogen-bond acceptors (Lipinski definition) is 4. The third-order valence-corrected chi connectivity index (χ3v) is 3.64. The van der Waals surface area contributed by atoms with Crippen molar-refractivity contribution in [1.29, 1.82) is 0 Å². The lowest BCUT2D eigenvalue weighted by atomic mass is 10.2. The summed E-state index contributed by atoms with van der Waals surface area (Å²) in [5.74, 6) is -0.0571. The number of rotatable bonds is 4. The van der Waals surface area contributed by atoms with E-state index in [1.54, 1.807) is 24.3 Å². The molecule has 0 bridgehead atoms. The Hall–Kier alpha value is -2.48. The Labute approximate surface area is 135 Å². The van der Waals surface area contributed by atoms with Crippen LogP contribution in [-0.4, -0.2) is 30.5 Å². The quantitative estimate of drug-likeness (QED) is 0.772.